The number of hydrogen-bond donors (Lipinski definition) is 3. The summed E-state index contributed by atoms with van der Waals surface area (Å²) in [6.45, 7) is 1.76. The van der Waals surface area contributed by atoms with Crippen LogP contribution in [0.15, 0.2) is 59.4 Å². The highest BCUT2D eigenvalue weighted by molar-refractivity contribution is 6.31. The summed E-state index contributed by atoms with van der Waals surface area (Å²) in [5.41, 5.74) is 3.33. The molecule has 0 unspecified atom stereocenters. The van der Waals surface area contributed by atoms with Crippen LogP contribution in [0, 0.1) is 12.7 Å². The lowest BCUT2D eigenvalue weighted by atomic mass is 9.79. The lowest BCUT2D eigenvalue weighted by Crippen LogP contribution is -2.51. The van der Waals surface area contributed by atoms with Crippen LogP contribution in [0.2, 0.25) is 5.02 Å². The first-order chi connectivity index (χ1) is 18.4. The van der Waals surface area contributed by atoms with Gasteiger partial charge in [0.2, 0.25) is 11.7 Å². The van der Waals surface area contributed by atoms with Crippen LogP contribution in [0.25, 0.3) is 22.3 Å². The monoisotopic (exact) mass is 529 g/mol. The smallest absolute Gasteiger partial charge is 0.223 e. The van der Waals surface area contributed by atoms with Crippen LogP contribution in [-0.4, -0.2) is 40.1 Å². The van der Waals surface area contributed by atoms with E-state index in [0.29, 0.717) is 40.4 Å². The molecular formula is C26H21ClFN9O. The van der Waals surface area contributed by atoms with E-state index in [9.17, 15) is 4.39 Å². The highest BCUT2D eigenvalue weighted by atomic mass is 35.5. The topological polar surface area (TPSA) is 126 Å². The summed E-state index contributed by atoms with van der Waals surface area (Å²) in [4.78, 5) is 13.0. The Hall–Kier alpha value is -4.35. The van der Waals surface area contributed by atoms with Crippen molar-refractivity contribution in [3.05, 3.63) is 100 Å². The number of nitrogens with zero attached hydrogens (tertiary/aromatic N) is 6. The van der Waals surface area contributed by atoms with Gasteiger partial charge in [-0.3, -0.25) is 15.1 Å². The fourth-order valence-electron chi connectivity index (χ4n) is 5.26. The van der Waals surface area contributed by atoms with Gasteiger partial charge in [0.1, 0.15) is 11.6 Å². The molecule has 10 nitrogen and oxygen atoms in total. The van der Waals surface area contributed by atoms with Crippen molar-refractivity contribution in [2.75, 3.05) is 0 Å². The molecule has 0 aliphatic carbocycles. The first-order valence-corrected chi connectivity index (χ1v) is 12.3. The van der Waals surface area contributed by atoms with E-state index in [2.05, 4.69) is 35.7 Å². The Labute approximate surface area is 220 Å². The van der Waals surface area contributed by atoms with E-state index in [1.807, 2.05) is 31.4 Å². The lowest BCUT2D eigenvalue weighted by Gasteiger charge is -2.39. The molecule has 7 rings (SSSR count). The SMILES string of the molecule is Cc1nc([C@@]2(c3cnn(C)c3)N[C@@H](c3nc(-c4ccc(F)cc4)n[nH]3)Cc3c2[nH]c2ccc(Cl)cc32)no1. The minimum atomic E-state index is -1.04. The lowest BCUT2D eigenvalue weighted by molar-refractivity contribution is 0.317. The minimum absolute atomic E-state index is 0.319. The highest BCUT2D eigenvalue weighted by Crippen LogP contribution is 2.45. The molecule has 0 radical (unpaired) electrons. The molecule has 3 N–H and O–H groups in total. The van der Waals surface area contributed by atoms with E-state index < -0.39 is 5.54 Å². The van der Waals surface area contributed by atoms with Gasteiger partial charge in [-0.05, 0) is 54.4 Å². The third-order valence-electron chi connectivity index (χ3n) is 6.98. The Kier molecular flexibility index (Phi) is 5.00. The average Bonchev–Trinajstić information content (AvgIpc) is 3.71. The minimum Gasteiger partial charge on any atom is -0.356 e. The zero-order chi connectivity index (χ0) is 26.0. The van der Waals surface area contributed by atoms with Crippen molar-refractivity contribution in [1.82, 2.24) is 45.4 Å². The molecule has 5 heterocycles. The summed E-state index contributed by atoms with van der Waals surface area (Å²) in [7, 11) is 1.86. The van der Waals surface area contributed by atoms with Crippen LogP contribution in [0.1, 0.15) is 40.4 Å². The number of benzene rings is 2. The Bertz CT molecular complexity index is 1760. The van der Waals surface area contributed by atoms with Gasteiger partial charge in [-0.25, -0.2) is 9.37 Å². The molecular weight excluding hydrogens is 509 g/mol. The van der Waals surface area contributed by atoms with Crippen LogP contribution in [0.5, 0.6) is 0 Å². The largest absolute Gasteiger partial charge is 0.356 e. The summed E-state index contributed by atoms with van der Waals surface area (Å²) in [5.74, 6) is 1.63. The second-order valence-electron chi connectivity index (χ2n) is 9.41. The number of hydrogen-bond acceptors (Lipinski definition) is 7. The van der Waals surface area contributed by atoms with Crippen molar-refractivity contribution in [2.45, 2.75) is 24.9 Å². The van der Waals surface area contributed by atoms with Gasteiger partial charge in [0.25, 0.3) is 0 Å². The number of nitrogens with one attached hydrogen (secondary N) is 3. The van der Waals surface area contributed by atoms with Crippen LogP contribution in [0.3, 0.4) is 0 Å². The van der Waals surface area contributed by atoms with Crippen molar-refractivity contribution in [3.8, 4) is 11.4 Å². The Morgan fingerprint density at radius 3 is 2.74 bits per heavy atom. The summed E-state index contributed by atoms with van der Waals surface area (Å²) < 4.78 is 20.7. The van der Waals surface area contributed by atoms with E-state index in [0.717, 1.165) is 27.7 Å². The molecule has 0 bridgehead atoms. The van der Waals surface area contributed by atoms with E-state index in [1.165, 1.54) is 12.1 Å². The quantitative estimate of drug-likeness (QED) is 0.310. The average molecular weight is 530 g/mol. The molecule has 0 spiro atoms. The number of rotatable bonds is 4. The predicted octanol–water partition coefficient (Wildman–Crippen LogP) is 4.35. The molecule has 4 aromatic heterocycles. The molecule has 190 valence electrons. The van der Waals surface area contributed by atoms with Crippen LogP contribution < -0.4 is 5.32 Å². The molecule has 0 fully saturated rings. The van der Waals surface area contributed by atoms with Gasteiger partial charge in [0.05, 0.1) is 17.9 Å². The van der Waals surface area contributed by atoms with Crippen molar-refractivity contribution < 1.29 is 8.91 Å². The Balaban J connectivity index is 1.45. The second-order valence-corrected chi connectivity index (χ2v) is 9.85. The predicted molar refractivity (Wildman–Crippen MR) is 137 cm³/mol. The number of halogens is 2. The van der Waals surface area contributed by atoms with Gasteiger partial charge in [-0.15, -0.1) is 0 Å². The number of aromatic amines is 2. The Morgan fingerprint density at radius 1 is 1.16 bits per heavy atom. The van der Waals surface area contributed by atoms with Crippen molar-refractivity contribution in [2.24, 2.45) is 7.05 Å². The number of aryl methyl sites for hydroxylation is 2. The fourth-order valence-corrected chi connectivity index (χ4v) is 5.44. The standard InChI is InChI=1S/C26H21ClFN9O/c1-13-30-25(36-38-13)26(15-11-29-37(2)12-15)22-19(18-9-16(27)5-8-20(18)31-22)10-21(33-26)24-32-23(34-35-24)14-3-6-17(28)7-4-14/h3-9,11-12,21,31,33H,10H2,1-2H3,(H,32,34,35)/t21-,26+/m1/s1. The summed E-state index contributed by atoms with van der Waals surface area (Å²) >= 11 is 6.43. The second kappa shape index (κ2) is 8.33. The van der Waals surface area contributed by atoms with E-state index in [-0.39, 0.29) is 11.9 Å². The molecule has 0 saturated heterocycles. The van der Waals surface area contributed by atoms with Gasteiger partial charge in [-0.1, -0.05) is 16.8 Å². The van der Waals surface area contributed by atoms with Crippen molar-refractivity contribution in [1.29, 1.82) is 0 Å². The van der Waals surface area contributed by atoms with Crippen molar-refractivity contribution >= 4 is 22.5 Å². The maximum absolute atomic E-state index is 13.5. The van der Waals surface area contributed by atoms with Gasteiger partial charge in [-0.2, -0.15) is 15.2 Å². The van der Waals surface area contributed by atoms with Crippen LogP contribution >= 0.6 is 11.6 Å². The maximum atomic E-state index is 13.5. The highest BCUT2D eigenvalue weighted by Gasteiger charge is 2.50. The zero-order valence-corrected chi connectivity index (χ0v) is 21.1. The molecule has 6 aromatic rings. The van der Waals surface area contributed by atoms with Crippen molar-refractivity contribution in [3.63, 3.8) is 0 Å². The van der Waals surface area contributed by atoms with Gasteiger partial charge >= 0.3 is 0 Å². The zero-order valence-electron chi connectivity index (χ0n) is 20.3. The fraction of sp³-hybridized carbons (Fsp3) is 0.192. The molecule has 12 heteroatoms. The maximum Gasteiger partial charge on any atom is 0.223 e. The van der Waals surface area contributed by atoms with Gasteiger partial charge in [0.15, 0.2) is 11.4 Å². The van der Waals surface area contributed by atoms with E-state index >= 15 is 0 Å². The molecule has 1 aliphatic rings. The third-order valence-corrected chi connectivity index (χ3v) is 7.21. The Morgan fingerprint density at radius 2 is 2.00 bits per heavy atom. The summed E-state index contributed by atoms with van der Waals surface area (Å²) in [5, 5.41) is 21.7. The van der Waals surface area contributed by atoms with Crippen LogP contribution in [0.4, 0.5) is 4.39 Å². The molecule has 0 saturated carbocycles. The summed E-state index contributed by atoms with van der Waals surface area (Å²) in [6, 6.07) is 11.5. The molecule has 1 aliphatic heterocycles. The first kappa shape index (κ1) is 22.8. The van der Waals surface area contributed by atoms with Crippen LogP contribution in [-0.2, 0) is 19.0 Å². The normalized spacial score (nSPS) is 19.2. The third kappa shape index (κ3) is 3.46. The molecule has 38 heavy (non-hydrogen) atoms. The molecule has 2 aromatic carbocycles. The first-order valence-electron chi connectivity index (χ1n) is 12.0. The summed E-state index contributed by atoms with van der Waals surface area (Å²) in [6.07, 6.45) is 4.29. The van der Waals surface area contributed by atoms with E-state index in [4.69, 9.17) is 21.1 Å². The van der Waals surface area contributed by atoms with E-state index in [1.54, 1.807) is 29.9 Å². The molecule has 2 atom stereocenters. The van der Waals surface area contributed by atoms with Gasteiger partial charge in [0, 0.05) is 47.2 Å². The molecule has 0 amide bonds. The number of aromatic nitrogens is 8. The van der Waals surface area contributed by atoms with Gasteiger partial charge < -0.3 is 9.51 Å². The number of H-pyrrole nitrogens is 2. The number of fused-ring (bicyclic) bond motifs is 3.